The second-order valence-corrected chi connectivity index (χ2v) is 6.33. The van der Waals surface area contributed by atoms with E-state index in [4.69, 9.17) is 18.6 Å². The number of amides is 1. The lowest BCUT2D eigenvalue weighted by Crippen LogP contribution is -2.25. The van der Waals surface area contributed by atoms with Crippen LogP contribution in [-0.2, 0) is 6.42 Å². The van der Waals surface area contributed by atoms with Crippen molar-refractivity contribution in [3.8, 4) is 28.7 Å². The maximum atomic E-state index is 12.4. The molecule has 0 saturated carbocycles. The summed E-state index contributed by atoms with van der Waals surface area (Å²) in [5.41, 5.74) is 2.18. The SMILES string of the molecule is COc1ccc(-c2nc(CCNC(=O)c3ccc(OC)c(OC)c3)c(C)o2)cc1. The summed E-state index contributed by atoms with van der Waals surface area (Å²) in [6, 6.07) is 12.6. The first-order valence-corrected chi connectivity index (χ1v) is 9.16. The van der Waals surface area contributed by atoms with Crippen LogP contribution in [0.4, 0.5) is 0 Å². The van der Waals surface area contributed by atoms with Gasteiger partial charge in [0, 0.05) is 24.1 Å². The number of aryl methyl sites for hydroxylation is 1. The summed E-state index contributed by atoms with van der Waals surface area (Å²) in [5, 5.41) is 2.89. The van der Waals surface area contributed by atoms with Crippen molar-refractivity contribution in [2.75, 3.05) is 27.9 Å². The van der Waals surface area contributed by atoms with Crippen molar-refractivity contribution in [2.24, 2.45) is 0 Å². The maximum absolute atomic E-state index is 12.4. The van der Waals surface area contributed by atoms with E-state index in [0.29, 0.717) is 35.9 Å². The number of aromatic nitrogens is 1. The number of methoxy groups -OCH3 is 3. The number of hydrogen-bond acceptors (Lipinski definition) is 6. The van der Waals surface area contributed by atoms with Crippen LogP contribution in [0, 0.1) is 6.92 Å². The molecule has 1 N–H and O–H groups in total. The zero-order valence-corrected chi connectivity index (χ0v) is 16.9. The molecule has 7 nitrogen and oxygen atoms in total. The van der Waals surface area contributed by atoms with Crippen LogP contribution in [0.1, 0.15) is 21.8 Å². The monoisotopic (exact) mass is 396 g/mol. The van der Waals surface area contributed by atoms with E-state index < -0.39 is 0 Å². The summed E-state index contributed by atoms with van der Waals surface area (Å²) in [4.78, 5) is 17.0. The van der Waals surface area contributed by atoms with Crippen LogP contribution in [0.3, 0.4) is 0 Å². The summed E-state index contributed by atoms with van der Waals surface area (Å²) in [6.45, 7) is 2.30. The largest absolute Gasteiger partial charge is 0.497 e. The second kappa shape index (κ2) is 9.14. The number of benzene rings is 2. The van der Waals surface area contributed by atoms with E-state index in [9.17, 15) is 4.79 Å². The molecule has 0 radical (unpaired) electrons. The van der Waals surface area contributed by atoms with Gasteiger partial charge < -0.3 is 23.9 Å². The van der Waals surface area contributed by atoms with Gasteiger partial charge in [0.05, 0.1) is 27.0 Å². The fourth-order valence-corrected chi connectivity index (χ4v) is 2.89. The molecule has 3 rings (SSSR count). The van der Waals surface area contributed by atoms with Gasteiger partial charge in [-0.3, -0.25) is 4.79 Å². The lowest BCUT2D eigenvalue weighted by atomic mass is 10.2. The molecular formula is C22H24N2O5. The number of ether oxygens (including phenoxy) is 3. The Morgan fingerprint density at radius 1 is 1.00 bits per heavy atom. The van der Waals surface area contributed by atoms with Crippen LogP contribution >= 0.6 is 0 Å². The Kier molecular flexibility index (Phi) is 6.39. The first-order chi connectivity index (χ1) is 14.0. The summed E-state index contributed by atoms with van der Waals surface area (Å²) >= 11 is 0. The summed E-state index contributed by atoms with van der Waals surface area (Å²) in [6.07, 6.45) is 0.560. The van der Waals surface area contributed by atoms with Crippen molar-refractivity contribution in [1.82, 2.24) is 10.3 Å². The van der Waals surface area contributed by atoms with Crippen LogP contribution in [0.5, 0.6) is 17.2 Å². The Labute approximate surface area is 169 Å². The Balaban J connectivity index is 1.61. The predicted molar refractivity (Wildman–Crippen MR) is 109 cm³/mol. The highest BCUT2D eigenvalue weighted by atomic mass is 16.5. The molecule has 1 amide bonds. The fourth-order valence-electron chi connectivity index (χ4n) is 2.89. The van der Waals surface area contributed by atoms with Gasteiger partial charge in [-0.05, 0) is 49.4 Å². The van der Waals surface area contributed by atoms with E-state index in [-0.39, 0.29) is 5.91 Å². The number of oxazole rings is 1. The van der Waals surface area contributed by atoms with Gasteiger partial charge in [0.15, 0.2) is 11.5 Å². The van der Waals surface area contributed by atoms with E-state index in [1.165, 1.54) is 7.11 Å². The molecule has 29 heavy (non-hydrogen) atoms. The number of carbonyl (C=O) groups excluding carboxylic acids is 1. The average molecular weight is 396 g/mol. The molecule has 7 heteroatoms. The minimum Gasteiger partial charge on any atom is -0.497 e. The van der Waals surface area contributed by atoms with Crippen molar-refractivity contribution >= 4 is 5.91 Å². The standard InChI is InChI=1S/C22H24N2O5/c1-14-18(24-22(29-14)15-5-8-17(26-2)9-6-15)11-12-23-21(25)16-7-10-19(27-3)20(13-16)28-4/h5-10,13H,11-12H2,1-4H3,(H,23,25). The zero-order chi connectivity index (χ0) is 20.8. The normalized spacial score (nSPS) is 10.5. The van der Waals surface area contributed by atoms with Crippen molar-refractivity contribution in [1.29, 1.82) is 0 Å². The molecule has 0 aliphatic rings. The van der Waals surface area contributed by atoms with Gasteiger partial charge >= 0.3 is 0 Å². The van der Waals surface area contributed by atoms with Gasteiger partial charge in [-0.2, -0.15) is 0 Å². The highest BCUT2D eigenvalue weighted by molar-refractivity contribution is 5.94. The minimum absolute atomic E-state index is 0.192. The van der Waals surface area contributed by atoms with E-state index in [1.54, 1.807) is 32.4 Å². The lowest BCUT2D eigenvalue weighted by Gasteiger charge is -2.09. The number of carbonyl (C=O) groups is 1. The quantitative estimate of drug-likeness (QED) is 0.626. The summed E-state index contributed by atoms with van der Waals surface area (Å²) in [5.74, 6) is 2.95. The van der Waals surface area contributed by atoms with Gasteiger partial charge in [-0.25, -0.2) is 4.98 Å². The summed E-state index contributed by atoms with van der Waals surface area (Å²) in [7, 11) is 4.71. The topological polar surface area (TPSA) is 82.8 Å². The smallest absolute Gasteiger partial charge is 0.251 e. The molecule has 0 saturated heterocycles. The molecule has 0 aliphatic carbocycles. The number of hydrogen-bond donors (Lipinski definition) is 1. The van der Waals surface area contributed by atoms with Crippen molar-refractivity contribution < 1.29 is 23.4 Å². The van der Waals surface area contributed by atoms with Crippen LogP contribution in [0.2, 0.25) is 0 Å². The average Bonchev–Trinajstić information content (AvgIpc) is 3.13. The third-order valence-electron chi connectivity index (χ3n) is 4.52. The van der Waals surface area contributed by atoms with Gasteiger partial charge in [-0.15, -0.1) is 0 Å². The molecule has 0 aliphatic heterocycles. The van der Waals surface area contributed by atoms with Gasteiger partial charge in [0.2, 0.25) is 5.89 Å². The van der Waals surface area contributed by atoms with E-state index in [1.807, 2.05) is 31.2 Å². The van der Waals surface area contributed by atoms with E-state index >= 15 is 0 Å². The third-order valence-corrected chi connectivity index (χ3v) is 4.52. The highest BCUT2D eigenvalue weighted by Crippen LogP contribution is 2.27. The Bertz CT molecular complexity index is 979. The van der Waals surface area contributed by atoms with Gasteiger partial charge in [-0.1, -0.05) is 0 Å². The highest BCUT2D eigenvalue weighted by Gasteiger charge is 2.13. The number of nitrogens with one attached hydrogen (secondary N) is 1. The number of nitrogens with zero attached hydrogens (tertiary/aromatic N) is 1. The van der Waals surface area contributed by atoms with Gasteiger partial charge in [0.25, 0.3) is 5.91 Å². The van der Waals surface area contributed by atoms with Crippen LogP contribution < -0.4 is 19.5 Å². The van der Waals surface area contributed by atoms with Crippen LogP contribution in [0.25, 0.3) is 11.5 Å². The molecular weight excluding hydrogens is 372 g/mol. The molecule has 0 bridgehead atoms. The Morgan fingerprint density at radius 2 is 1.72 bits per heavy atom. The molecule has 0 unspecified atom stereocenters. The van der Waals surface area contributed by atoms with E-state index in [2.05, 4.69) is 10.3 Å². The first kappa shape index (κ1) is 20.3. The molecule has 2 aromatic carbocycles. The van der Waals surface area contributed by atoms with E-state index in [0.717, 1.165) is 22.8 Å². The third kappa shape index (κ3) is 4.68. The number of rotatable bonds is 8. The Morgan fingerprint density at radius 3 is 2.38 bits per heavy atom. The second-order valence-electron chi connectivity index (χ2n) is 6.33. The molecule has 152 valence electrons. The maximum Gasteiger partial charge on any atom is 0.251 e. The van der Waals surface area contributed by atoms with Crippen LogP contribution in [-0.4, -0.2) is 38.8 Å². The zero-order valence-electron chi connectivity index (χ0n) is 16.9. The van der Waals surface area contributed by atoms with Gasteiger partial charge in [0.1, 0.15) is 11.5 Å². The molecule has 1 heterocycles. The molecule has 0 atom stereocenters. The van der Waals surface area contributed by atoms with Crippen LogP contribution in [0.15, 0.2) is 46.9 Å². The predicted octanol–water partition coefficient (Wildman–Crippen LogP) is 3.65. The first-order valence-electron chi connectivity index (χ1n) is 9.16. The molecule has 0 fully saturated rings. The molecule has 0 spiro atoms. The molecule has 1 aromatic heterocycles. The van der Waals surface area contributed by atoms with Crippen molar-refractivity contribution in [3.63, 3.8) is 0 Å². The lowest BCUT2D eigenvalue weighted by molar-refractivity contribution is 0.0953. The van der Waals surface area contributed by atoms with Crippen molar-refractivity contribution in [2.45, 2.75) is 13.3 Å². The Hall–Kier alpha value is -3.48. The fraction of sp³-hybridized carbons (Fsp3) is 0.273. The minimum atomic E-state index is -0.192. The van der Waals surface area contributed by atoms with Crippen molar-refractivity contribution in [3.05, 3.63) is 59.5 Å². The summed E-state index contributed by atoms with van der Waals surface area (Å²) < 4.78 is 21.4. The molecule has 3 aromatic rings.